The highest BCUT2D eigenvalue weighted by Crippen LogP contribution is 2.27. The molecule has 1 heterocycles. The molecule has 8 heteroatoms. The van der Waals surface area contributed by atoms with Gasteiger partial charge in [0.25, 0.3) is 0 Å². The van der Waals surface area contributed by atoms with Gasteiger partial charge in [-0.1, -0.05) is 71.4 Å². The second kappa shape index (κ2) is 10.4. The topological polar surface area (TPSA) is 59.8 Å². The summed E-state index contributed by atoms with van der Waals surface area (Å²) in [5.41, 5.74) is 5.10. The molecule has 0 aliphatic rings. The molecule has 33 heavy (non-hydrogen) atoms. The number of aromatic nitrogens is 3. The van der Waals surface area contributed by atoms with E-state index in [9.17, 15) is 4.79 Å². The van der Waals surface area contributed by atoms with Crippen molar-refractivity contribution < 1.29 is 4.79 Å². The van der Waals surface area contributed by atoms with Crippen molar-refractivity contribution in [3.8, 4) is 5.69 Å². The van der Waals surface area contributed by atoms with Gasteiger partial charge in [-0.2, -0.15) is 0 Å². The summed E-state index contributed by atoms with van der Waals surface area (Å²) >= 11 is 13.3. The fourth-order valence-corrected chi connectivity index (χ4v) is 4.38. The van der Waals surface area contributed by atoms with Gasteiger partial charge in [-0.05, 0) is 60.9 Å². The Hall–Kier alpha value is -2.80. The van der Waals surface area contributed by atoms with Crippen LogP contribution in [0.3, 0.4) is 0 Å². The average molecular weight is 497 g/mol. The monoisotopic (exact) mass is 496 g/mol. The minimum absolute atomic E-state index is 0.169. The van der Waals surface area contributed by atoms with Crippen LogP contribution in [0.1, 0.15) is 22.5 Å². The fourth-order valence-electron chi connectivity index (χ4n) is 3.31. The van der Waals surface area contributed by atoms with Crippen LogP contribution >= 0.6 is 35.0 Å². The van der Waals surface area contributed by atoms with Gasteiger partial charge in [0.05, 0.1) is 15.8 Å². The number of amides is 1. The molecular formula is C25H22Cl2N4OS. The minimum Gasteiger partial charge on any atom is -0.325 e. The zero-order valence-electron chi connectivity index (χ0n) is 18.2. The van der Waals surface area contributed by atoms with Crippen molar-refractivity contribution in [1.29, 1.82) is 0 Å². The summed E-state index contributed by atoms with van der Waals surface area (Å²) in [5.74, 6) is 0.823. The minimum atomic E-state index is -0.169. The lowest BCUT2D eigenvalue weighted by Crippen LogP contribution is -2.14. The first-order chi connectivity index (χ1) is 15.9. The SMILES string of the molecule is Cc1ccc(-n2c(Cc3ccccc3)nnc2SCC(=O)Nc2ccc(Cl)c(Cl)c2)cc1C. The Labute approximate surface area is 207 Å². The molecule has 0 aliphatic carbocycles. The van der Waals surface area contributed by atoms with Crippen molar-refractivity contribution >= 4 is 46.6 Å². The molecule has 5 nitrogen and oxygen atoms in total. The van der Waals surface area contributed by atoms with Crippen LogP contribution in [0, 0.1) is 13.8 Å². The van der Waals surface area contributed by atoms with Gasteiger partial charge < -0.3 is 5.32 Å². The van der Waals surface area contributed by atoms with Crippen LogP contribution in [0.25, 0.3) is 5.69 Å². The van der Waals surface area contributed by atoms with Gasteiger partial charge in [0.15, 0.2) is 5.16 Å². The molecule has 0 saturated carbocycles. The Kier molecular flexibility index (Phi) is 7.38. The number of nitrogens with one attached hydrogen (secondary N) is 1. The smallest absolute Gasteiger partial charge is 0.234 e. The summed E-state index contributed by atoms with van der Waals surface area (Å²) in [7, 11) is 0. The molecule has 0 bridgehead atoms. The Morgan fingerprint density at radius 3 is 2.45 bits per heavy atom. The molecule has 0 fully saturated rings. The number of nitrogens with zero attached hydrogens (tertiary/aromatic N) is 3. The van der Waals surface area contributed by atoms with E-state index in [0.717, 1.165) is 17.1 Å². The maximum Gasteiger partial charge on any atom is 0.234 e. The average Bonchev–Trinajstić information content (AvgIpc) is 3.20. The second-order valence-corrected chi connectivity index (χ2v) is 9.39. The lowest BCUT2D eigenvalue weighted by Gasteiger charge is -2.12. The summed E-state index contributed by atoms with van der Waals surface area (Å²) in [6.07, 6.45) is 0.636. The van der Waals surface area contributed by atoms with E-state index in [-0.39, 0.29) is 11.7 Å². The Balaban J connectivity index is 1.57. The predicted octanol–water partition coefficient (Wildman–Crippen LogP) is 6.51. The Bertz CT molecular complexity index is 1290. The van der Waals surface area contributed by atoms with E-state index < -0.39 is 0 Å². The largest absolute Gasteiger partial charge is 0.325 e. The molecule has 0 aliphatic heterocycles. The lowest BCUT2D eigenvalue weighted by molar-refractivity contribution is -0.113. The van der Waals surface area contributed by atoms with E-state index in [1.54, 1.807) is 18.2 Å². The van der Waals surface area contributed by atoms with E-state index >= 15 is 0 Å². The molecule has 0 saturated heterocycles. The van der Waals surface area contributed by atoms with E-state index in [4.69, 9.17) is 23.2 Å². The third-order valence-corrected chi connectivity index (χ3v) is 6.86. The van der Waals surface area contributed by atoms with Crippen molar-refractivity contribution in [2.45, 2.75) is 25.4 Å². The van der Waals surface area contributed by atoms with Gasteiger partial charge in [-0.25, -0.2) is 0 Å². The van der Waals surface area contributed by atoms with Crippen molar-refractivity contribution in [3.05, 3.63) is 99.3 Å². The van der Waals surface area contributed by atoms with Crippen molar-refractivity contribution in [2.75, 3.05) is 11.1 Å². The van der Waals surface area contributed by atoms with Crippen molar-refractivity contribution in [2.24, 2.45) is 0 Å². The van der Waals surface area contributed by atoms with Crippen LogP contribution in [0.2, 0.25) is 10.0 Å². The molecule has 0 unspecified atom stereocenters. The fraction of sp³-hybridized carbons (Fsp3) is 0.160. The molecule has 1 amide bonds. The molecule has 0 spiro atoms. The van der Waals surface area contributed by atoms with Gasteiger partial charge in [0.2, 0.25) is 5.91 Å². The van der Waals surface area contributed by atoms with Gasteiger partial charge in [0, 0.05) is 17.8 Å². The number of rotatable bonds is 7. The van der Waals surface area contributed by atoms with Crippen LogP contribution in [-0.2, 0) is 11.2 Å². The number of thioether (sulfide) groups is 1. The van der Waals surface area contributed by atoms with Crippen molar-refractivity contribution in [3.63, 3.8) is 0 Å². The number of aryl methyl sites for hydroxylation is 2. The number of hydrogen-bond donors (Lipinski definition) is 1. The molecule has 1 N–H and O–H groups in total. The molecule has 168 valence electrons. The highest BCUT2D eigenvalue weighted by molar-refractivity contribution is 7.99. The molecule has 1 aromatic heterocycles. The molecular weight excluding hydrogens is 475 g/mol. The third-order valence-electron chi connectivity index (χ3n) is 5.19. The van der Waals surface area contributed by atoms with Gasteiger partial charge in [0.1, 0.15) is 5.82 Å². The number of benzene rings is 3. The number of halogens is 2. The maximum absolute atomic E-state index is 12.6. The summed E-state index contributed by atoms with van der Waals surface area (Å²) < 4.78 is 2.02. The van der Waals surface area contributed by atoms with Gasteiger partial charge in [-0.15, -0.1) is 10.2 Å². The summed E-state index contributed by atoms with van der Waals surface area (Å²) in [6.45, 7) is 4.16. The van der Waals surface area contributed by atoms with Crippen molar-refractivity contribution in [1.82, 2.24) is 14.8 Å². The standard InChI is InChI=1S/C25H22Cl2N4OS/c1-16-8-10-20(12-17(16)2)31-23(13-18-6-4-3-5-7-18)29-30-25(31)33-15-24(32)28-19-9-11-21(26)22(27)14-19/h3-12,14H,13,15H2,1-2H3,(H,28,32). The van der Waals surface area contributed by atoms with E-state index in [1.807, 2.05) is 22.8 Å². The quantitative estimate of drug-likeness (QED) is 0.296. The predicted molar refractivity (Wildman–Crippen MR) is 136 cm³/mol. The summed E-state index contributed by atoms with van der Waals surface area (Å²) in [5, 5.41) is 13.2. The van der Waals surface area contributed by atoms with E-state index in [2.05, 4.69) is 59.7 Å². The number of hydrogen-bond acceptors (Lipinski definition) is 4. The third kappa shape index (κ3) is 5.77. The molecule has 0 radical (unpaired) electrons. The number of anilines is 1. The molecule has 3 aromatic carbocycles. The zero-order valence-corrected chi connectivity index (χ0v) is 20.5. The van der Waals surface area contributed by atoms with E-state index in [1.165, 1.54) is 22.9 Å². The lowest BCUT2D eigenvalue weighted by atomic mass is 10.1. The maximum atomic E-state index is 12.6. The first-order valence-electron chi connectivity index (χ1n) is 10.3. The normalized spacial score (nSPS) is 10.9. The summed E-state index contributed by atoms with van der Waals surface area (Å²) in [6, 6.07) is 21.4. The molecule has 4 aromatic rings. The Morgan fingerprint density at radius 1 is 0.939 bits per heavy atom. The van der Waals surface area contributed by atoms with Crippen LogP contribution < -0.4 is 5.32 Å². The molecule has 4 rings (SSSR count). The zero-order chi connectivity index (χ0) is 23.4. The van der Waals surface area contributed by atoms with Crippen LogP contribution in [-0.4, -0.2) is 26.4 Å². The van der Waals surface area contributed by atoms with E-state index in [0.29, 0.717) is 27.3 Å². The van der Waals surface area contributed by atoms with Crippen LogP contribution in [0.4, 0.5) is 5.69 Å². The van der Waals surface area contributed by atoms with Gasteiger partial charge >= 0.3 is 0 Å². The summed E-state index contributed by atoms with van der Waals surface area (Å²) in [4.78, 5) is 12.6. The molecule has 0 atom stereocenters. The number of carbonyl (C=O) groups is 1. The first kappa shape index (κ1) is 23.4. The van der Waals surface area contributed by atoms with Crippen LogP contribution in [0.5, 0.6) is 0 Å². The highest BCUT2D eigenvalue weighted by Gasteiger charge is 2.17. The van der Waals surface area contributed by atoms with Gasteiger partial charge in [-0.3, -0.25) is 9.36 Å². The second-order valence-electron chi connectivity index (χ2n) is 7.63. The highest BCUT2D eigenvalue weighted by atomic mass is 35.5. The Morgan fingerprint density at radius 2 is 1.73 bits per heavy atom. The first-order valence-corrected chi connectivity index (χ1v) is 12.1. The van der Waals surface area contributed by atoms with Crippen LogP contribution in [0.15, 0.2) is 71.9 Å². The number of carbonyl (C=O) groups excluding carboxylic acids is 1.